The SMILES string of the molecule is Cn1cnc2c1CN(C(=O)CCN1CCCCC1)CC2. The van der Waals surface area contributed by atoms with Crippen molar-refractivity contribution in [3.8, 4) is 0 Å². The van der Waals surface area contributed by atoms with Crippen LogP contribution in [-0.4, -0.2) is 51.4 Å². The van der Waals surface area contributed by atoms with E-state index < -0.39 is 0 Å². The molecule has 0 aliphatic carbocycles. The van der Waals surface area contributed by atoms with Crippen LogP contribution in [0.15, 0.2) is 6.33 Å². The highest BCUT2D eigenvalue weighted by Gasteiger charge is 2.23. The van der Waals surface area contributed by atoms with Crippen molar-refractivity contribution in [2.24, 2.45) is 7.05 Å². The summed E-state index contributed by atoms with van der Waals surface area (Å²) in [6.45, 7) is 4.80. The predicted octanol–water partition coefficient (Wildman–Crippen LogP) is 1.18. The standard InChI is InChI=1S/C15H24N4O/c1-17-12-16-13-5-10-19(11-14(13)17)15(20)6-9-18-7-3-2-4-8-18/h12H,2-11H2,1H3. The molecule has 0 aromatic carbocycles. The minimum absolute atomic E-state index is 0.294. The van der Waals surface area contributed by atoms with Crippen LogP contribution in [0.1, 0.15) is 37.1 Å². The van der Waals surface area contributed by atoms with Crippen LogP contribution >= 0.6 is 0 Å². The number of fused-ring (bicyclic) bond motifs is 1. The van der Waals surface area contributed by atoms with Gasteiger partial charge in [0.15, 0.2) is 0 Å². The Morgan fingerprint density at radius 3 is 2.85 bits per heavy atom. The molecular weight excluding hydrogens is 252 g/mol. The molecule has 2 aliphatic heterocycles. The van der Waals surface area contributed by atoms with E-state index >= 15 is 0 Å². The second-order valence-corrected chi connectivity index (χ2v) is 5.97. The molecule has 1 fully saturated rings. The number of imidazole rings is 1. The van der Waals surface area contributed by atoms with Crippen molar-refractivity contribution in [1.29, 1.82) is 0 Å². The normalized spacial score (nSPS) is 19.9. The second-order valence-electron chi connectivity index (χ2n) is 5.97. The number of aryl methyl sites for hydroxylation is 1. The molecule has 0 bridgehead atoms. The van der Waals surface area contributed by atoms with Crippen LogP contribution in [0.3, 0.4) is 0 Å². The van der Waals surface area contributed by atoms with Crippen molar-refractivity contribution < 1.29 is 4.79 Å². The smallest absolute Gasteiger partial charge is 0.224 e. The van der Waals surface area contributed by atoms with Gasteiger partial charge in [-0.05, 0) is 25.9 Å². The van der Waals surface area contributed by atoms with Crippen molar-refractivity contribution in [2.75, 3.05) is 26.2 Å². The van der Waals surface area contributed by atoms with E-state index in [2.05, 4.69) is 9.88 Å². The minimum Gasteiger partial charge on any atom is -0.336 e. The number of nitrogens with zero attached hydrogens (tertiary/aromatic N) is 4. The van der Waals surface area contributed by atoms with Crippen LogP contribution in [0.2, 0.25) is 0 Å². The molecule has 0 N–H and O–H groups in total. The maximum absolute atomic E-state index is 12.4. The zero-order valence-corrected chi connectivity index (χ0v) is 12.3. The maximum atomic E-state index is 12.4. The highest BCUT2D eigenvalue weighted by Crippen LogP contribution is 2.18. The molecule has 3 heterocycles. The number of likely N-dealkylation sites (tertiary alicyclic amines) is 1. The van der Waals surface area contributed by atoms with Crippen LogP contribution < -0.4 is 0 Å². The van der Waals surface area contributed by atoms with Crippen LogP contribution in [0.25, 0.3) is 0 Å². The molecule has 0 saturated carbocycles. The van der Waals surface area contributed by atoms with E-state index in [9.17, 15) is 4.79 Å². The Balaban J connectivity index is 1.52. The van der Waals surface area contributed by atoms with Crippen LogP contribution in [0, 0.1) is 0 Å². The summed E-state index contributed by atoms with van der Waals surface area (Å²) in [4.78, 5) is 21.2. The number of aromatic nitrogens is 2. The van der Waals surface area contributed by atoms with Gasteiger partial charge >= 0.3 is 0 Å². The van der Waals surface area contributed by atoms with E-state index in [1.54, 1.807) is 0 Å². The fraction of sp³-hybridized carbons (Fsp3) is 0.733. The maximum Gasteiger partial charge on any atom is 0.224 e. The Bertz CT molecular complexity index is 476. The second kappa shape index (κ2) is 5.95. The van der Waals surface area contributed by atoms with E-state index in [1.807, 2.05) is 22.8 Å². The fourth-order valence-electron chi connectivity index (χ4n) is 3.22. The lowest BCUT2D eigenvalue weighted by atomic mass is 10.1. The third kappa shape index (κ3) is 2.87. The Hall–Kier alpha value is -1.36. The van der Waals surface area contributed by atoms with Gasteiger partial charge in [-0.25, -0.2) is 4.98 Å². The summed E-state index contributed by atoms with van der Waals surface area (Å²) in [7, 11) is 2.01. The fourth-order valence-corrected chi connectivity index (χ4v) is 3.22. The molecule has 1 saturated heterocycles. The van der Waals surface area contributed by atoms with Gasteiger partial charge in [0.05, 0.1) is 24.3 Å². The molecule has 5 heteroatoms. The van der Waals surface area contributed by atoms with E-state index in [0.29, 0.717) is 12.3 Å². The molecule has 3 rings (SSSR count). The molecule has 0 radical (unpaired) electrons. The highest BCUT2D eigenvalue weighted by atomic mass is 16.2. The molecule has 1 aromatic rings. The van der Waals surface area contributed by atoms with Crippen LogP contribution in [0.5, 0.6) is 0 Å². The summed E-state index contributed by atoms with van der Waals surface area (Å²) in [5.41, 5.74) is 2.36. The molecule has 1 amide bonds. The van der Waals surface area contributed by atoms with Gasteiger partial charge in [-0.2, -0.15) is 0 Å². The lowest BCUT2D eigenvalue weighted by molar-refractivity contribution is -0.132. The molecule has 110 valence electrons. The monoisotopic (exact) mass is 276 g/mol. The van der Waals surface area contributed by atoms with Crippen molar-refractivity contribution in [1.82, 2.24) is 19.4 Å². The van der Waals surface area contributed by atoms with Gasteiger partial charge in [0.1, 0.15) is 0 Å². The number of piperidine rings is 1. The van der Waals surface area contributed by atoms with Gasteiger partial charge in [-0.3, -0.25) is 4.79 Å². The first kappa shape index (κ1) is 13.6. The van der Waals surface area contributed by atoms with Crippen LogP contribution in [0.4, 0.5) is 0 Å². The van der Waals surface area contributed by atoms with E-state index in [1.165, 1.54) is 38.0 Å². The number of hydrogen-bond donors (Lipinski definition) is 0. The summed E-state index contributed by atoms with van der Waals surface area (Å²) in [5, 5.41) is 0. The zero-order chi connectivity index (χ0) is 13.9. The van der Waals surface area contributed by atoms with Crippen molar-refractivity contribution in [2.45, 2.75) is 38.6 Å². The van der Waals surface area contributed by atoms with Crippen LogP contribution in [-0.2, 0) is 24.8 Å². The Kier molecular flexibility index (Phi) is 4.05. The number of hydrogen-bond acceptors (Lipinski definition) is 3. The van der Waals surface area contributed by atoms with E-state index in [0.717, 1.165) is 31.7 Å². The highest BCUT2D eigenvalue weighted by molar-refractivity contribution is 5.76. The molecule has 0 unspecified atom stereocenters. The largest absolute Gasteiger partial charge is 0.336 e. The van der Waals surface area contributed by atoms with Gasteiger partial charge in [0.25, 0.3) is 0 Å². The van der Waals surface area contributed by atoms with Gasteiger partial charge in [-0.15, -0.1) is 0 Å². The Morgan fingerprint density at radius 1 is 1.25 bits per heavy atom. The number of rotatable bonds is 3. The Labute approximate surface area is 120 Å². The summed E-state index contributed by atoms with van der Waals surface area (Å²) < 4.78 is 2.04. The summed E-state index contributed by atoms with van der Waals surface area (Å²) in [6, 6.07) is 0. The number of carbonyl (C=O) groups excluding carboxylic acids is 1. The first-order valence-corrected chi connectivity index (χ1v) is 7.73. The minimum atomic E-state index is 0.294. The van der Waals surface area contributed by atoms with E-state index in [4.69, 9.17) is 0 Å². The van der Waals surface area contributed by atoms with Gasteiger partial charge in [0, 0.05) is 33.0 Å². The van der Waals surface area contributed by atoms with Gasteiger partial charge in [0.2, 0.25) is 5.91 Å². The molecule has 20 heavy (non-hydrogen) atoms. The topological polar surface area (TPSA) is 41.4 Å². The first-order valence-electron chi connectivity index (χ1n) is 7.73. The quantitative estimate of drug-likeness (QED) is 0.832. The summed E-state index contributed by atoms with van der Waals surface area (Å²) in [6.07, 6.45) is 7.33. The Morgan fingerprint density at radius 2 is 2.05 bits per heavy atom. The average molecular weight is 276 g/mol. The third-order valence-corrected chi connectivity index (χ3v) is 4.55. The summed E-state index contributed by atoms with van der Waals surface area (Å²) in [5.74, 6) is 0.294. The lowest BCUT2D eigenvalue weighted by Crippen LogP contribution is -2.39. The third-order valence-electron chi connectivity index (χ3n) is 4.55. The first-order chi connectivity index (χ1) is 9.74. The molecule has 2 aliphatic rings. The number of amides is 1. The molecule has 1 aromatic heterocycles. The van der Waals surface area contributed by atoms with Crippen molar-refractivity contribution in [3.63, 3.8) is 0 Å². The van der Waals surface area contributed by atoms with Gasteiger partial charge in [-0.1, -0.05) is 6.42 Å². The average Bonchev–Trinajstić information content (AvgIpc) is 2.87. The predicted molar refractivity (Wildman–Crippen MR) is 77.2 cm³/mol. The summed E-state index contributed by atoms with van der Waals surface area (Å²) >= 11 is 0. The lowest BCUT2D eigenvalue weighted by Gasteiger charge is -2.30. The van der Waals surface area contributed by atoms with Crippen molar-refractivity contribution in [3.05, 3.63) is 17.7 Å². The van der Waals surface area contributed by atoms with Crippen molar-refractivity contribution >= 4 is 5.91 Å². The molecular formula is C15H24N4O. The molecule has 5 nitrogen and oxygen atoms in total. The van der Waals surface area contributed by atoms with Gasteiger partial charge < -0.3 is 14.4 Å². The van der Waals surface area contributed by atoms with E-state index in [-0.39, 0.29) is 0 Å². The molecule has 0 atom stereocenters. The number of carbonyl (C=O) groups is 1. The molecule has 0 spiro atoms. The zero-order valence-electron chi connectivity index (χ0n) is 12.3.